The predicted octanol–water partition coefficient (Wildman–Crippen LogP) is 2.44. The highest BCUT2D eigenvalue weighted by Crippen LogP contribution is 2.36. The first-order valence-corrected chi connectivity index (χ1v) is 6.91. The second kappa shape index (κ2) is 4.77. The zero-order valence-electron chi connectivity index (χ0n) is 10.5. The lowest BCUT2D eigenvalue weighted by Gasteiger charge is -2.26. The first kappa shape index (κ1) is 11.2. The van der Waals surface area contributed by atoms with Crippen molar-refractivity contribution < 1.29 is 4.52 Å². The van der Waals surface area contributed by atoms with Gasteiger partial charge in [0, 0.05) is 19.0 Å². The third-order valence-corrected chi connectivity index (χ3v) is 4.31. The zero-order valence-corrected chi connectivity index (χ0v) is 10.5. The highest BCUT2D eigenvalue weighted by molar-refractivity contribution is 5.04. The van der Waals surface area contributed by atoms with Gasteiger partial charge < -0.3 is 9.84 Å². The van der Waals surface area contributed by atoms with Crippen LogP contribution in [0.2, 0.25) is 0 Å². The van der Waals surface area contributed by atoms with Gasteiger partial charge in [-0.15, -0.1) is 0 Å². The normalized spacial score (nSPS) is 30.2. The van der Waals surface area contributed by atoms with Gasteiger partial charge in [0.1, 0.15) is 0 Å². The van der Waals surface area contributed by atoms with Crippen molar-refractivity contribution in [3.63, 3.8) is 0 Å². The average molecular weight is 235 g/mol. The first-order chi connectivity index (χ1) is 8.36. The molecule has 1 aromatic heterocycles. The number of nitrogens with zero attached hydrogens (tertiary/aromatic N) is 2. The van der Waals surface area contributed by atoms with Crippen molar-refractivity contribution in [2.45, 2.75) is 50.9 Å². The van der Waals surface area contributed by atoms with Crippen molar-refractivity contribution in [1.82, 2.24) is 15.5 Å². The van der Waals surface area contributed by atoms with Gasteiger partial charge in [-0.05, 0) is 18.8 Å². The van der Waals surface area contributed by atoms with E-state index >= 15 is 0 Å². The fraction of sp³-hybridized carbons (Fsp3) is 0.846. The molecule has 0 radical (unpaired) electrons. The lowest BCUT2D eigenvalue weighted by Crippen LogP contribution is -2.40. The van der Waals surface area contributed by atoms with Gasteiger partial charge in [-0.3, -0.25) is 0 Å². The van der Waals surface area contributed by atoms with Gasteiger partial charge in [0.05, 0.1) is 5.92 Å². The minimum absolute atomic E-state index is 0.460. The monoisotopic (exact) mass is 235 g/mol. The summed E-state index contributed by atoms with van der Waals surface area (Å²) in [6.07, 6.45) is 6.47. The standard InChI is InChI=1S/C13H21N3O/c1-2-9-4-3-5-10(6-9)12-15-13(17-16-12)11-7-14-8-11/h9-11,14H,2-8H2,1H3. The van der Waals surface area contributed by atoms with E-state index in [1.54, 1.807) is 0 Å². The molecule has 2 heterocycles. The van der Waals surface area contributed by atoms with Crippen LogP contribution in [0.3, 0.4) is 0 Å². The Morgan fingerprint density at radius 2 is 2.18 bits per heavy atom. The van der Waals surface area contributed by atoms with Crippen molar-refractivity contribution in [1.29, 1.82) is 0 Å². The molecule has 2 unspecified atom stereocenters. The fourth-order valence-corrected chi connectivity index (χ4v) is 2.94. The third-order valence-electron chi connectivity index (χ3n) is 4.31. The summed E-state index contributed by atoms with van der Waals surface area (Å²) >= 11 is 0. The molecule has 0 amide bonds. The summed E-state index contributed by atoms with van der Waals surface area (Å²) in [5, 5.41) is 7.43. The summed E-state index contributed by atoms with van der Waals surface area (Å²) in [5.74, 6) is 3.67. The van der Waals surface area contributed by atoms with E-state index in [-0.39, 0.29) is 0 Å². The molecule has 0 bridgehead atoms. The highest BCUT2D eigenvalue weighted by Gasteiger charge is 2.29. The molecule has 0 spiro atoms. The van der Waals surface area contributed by atoms with E-state index in [0.29, 0.717) is 11.8 Å². The van der Waals surface area contributed by atoms with Gasteiger partial charge in [0.15, 0.2) is 5.82 Å². The molecule has 1 saturated carbocycles. The molecule has 1 aromatic rings. The van der Waals surface area contributed by atoms with Crippen molar-refractivity contribution >= 4 is 0 Å². The first-order valence-electron chi connectivity index (χ1n) is 6.91. The van der Waals surface area contributed by atoms with Crippen LogP contribution >= 0.6 is 0 Å². The molecule has 1 aliphatic carbocycles. The van der Waals surface area contributed by atoms with Crippen molar-refractivity contribution in [2.24, 2.45) is 5.92 Å². The van der Waals surface area contributed by atoms with E-state index < -0.39 is 0 Å². The Labute approximate surface area is 102 Å². The Kier molecular flexibility index (Phi) is 3.14. The van der Waals surface area contributed by atoms with E-state index in [0.717, 1.165) is 30.7 Å². The van der Waals surface area contributed by atoms with Crippen LogP contribution in [0.25, 0.3) is 0 Å². The van der Waals surface area contributed by atoms with Gasteiger partial charge in [0.2, 0.25) is 5.89 Å². The molecule has 17 heavy (non-hydrogen) atoms. The predicted molar refractivity (Wildman–Crippen MR) is 64.9 cm³/mol. The summed E-state index contributed by atoms with van der Waals surface area (Å²) in [6, 6.07) is 0. The Bertz CT molecular complexity index is 372. The van der Waals surface area contributed by atoms with Gasteiger partial charge in [-0.2, -0.15) is 4.98 Å². The molecule has 1 saturated heterocycles. The molecule has 4 heteroatoms. The lowest BCUT2D eigenvalue weighted by molar-refractivity contribution is 0.288. The summed E-state index contributed by atoms with van der Waals surface area (Å²) in [6.45, 7) is 4.27. The van der Waals surface area contributed by atoms with E-state index in [1.807, 2.05) is 0 Å². The van der Waals surface area contributed by atoms with Crippen molar-refractivity contribution in [3.8, 4) is 0 Å². The number of rotatable bonds is 3. The van der Waals surface area contributed by atoms with E-state index in [1.165, 1.54) is 32.1 Å². The number of hydrogen-bond donors (Lipinski definition) is 1. The van der Waals surface area contributed by atoms with Gasteiger partial charge in [-0.25, -0.2) is 0 Å². The molecule has 94 valence electrons. The molecule has 2 atom stereocenters. The SMILES string of the molecule is CCC1CCCC(c2noc(C3CNC3)n2)C1. The molecule has 2 fully saturated rings. The largest absolute Gasteiger partial charge is 0.339 e. The summed E-state index contributed by atoms with van der Waals surface area (Å²) in [5.41, 5.74) is 0. The second-order valence-corrected chi connectivity index (χ2v) is 5.48. The Balaban J connectivity index is 1.68. The van der Waals surface area contributed by atoms with Crippen LogP contribution in [0, 0.1) is 5.92 Å². The van der Waals surface area contributed by atoms with Crippen molar-refractivity contribution in [2.75, 3.05) is 13.1 Å². The third kappa shape index (κ3) is 2.23. The Hall–Kier alpha value is -0.900. The molecular formula is C13H21N3O. The number of hydrogen-bond acceptors (Lipinski definition) is 4. The zero-order chi connectivity index (χ0) is 11.7. The molecule has 1 N–H and O–H groups in total. The summed E-state index contributed by atoms with van der Waals surface area (Å²) in [4.78, 5) is 4.61. The van der Waals surface area contributed by atoms with Crippen LogP contribution in [0.1, 0.15) is 62.6 Å². The highest BCUT2D eigenvalue weighted by atomic mass is 16.5. The number of nitrogens with one attached hydrogen (secondary N) is 1. The van der Waals surface area contributed by atoms with E-state index in [4.69, 9.17) is 4.52 Å². The second-order valence-electron chi connectivity index (χ2n) is 5.48. The maximum absolute atomic E-state index is 5.39. The smallest absolute Gasteiger partial charge is 0.232 e. The quantitative estimate of drug-likeness (QED) is 0.874. The molecular weight excluding hydrogens is 214 g/mol. The van der Waals surface area contributed by atoms with Crippen LogP contribution in [-0.4, -0.2) is 23.2 Å². The summed E-state index contributed by atoms with van der Waals surface area (Å²) < 4.78 is 5.39. The summed E-state index contributed by atoms with van der Waals surface area (Å²) in [7, 11) is 0. The minimum Gasteiger partial charge on any atom is -0.339 e. The maximum Gasteiger partial charge on any atom is 0.232 e. The van der Waals surface area contributed by atoms with Crippen LogP contribution in [0.5, 0.6) is 0 Å². The topological polar surface area (TPSA) is 51.0 Å². The molecule has 2 aliphatic rings. The Morgan fingerprint density at radius 1 is 1.29 bits per heavy atom. The van der Waals surface area contributed by atoms with Crippen LogP contribution < -0.4 is 5.32 Å². The minimum atomic E-state index is 0.460. The average Bonchev–Trinajstić information content (AvgIpc) is 2.76. The van der Waals surface area contributed by atoms with E-state index in [2.05, 4.69) is 22.4 Å². The number of aromatic nitrogens is 2. The molecule has 0 aromatic carbocycles. The van der Waals surface area contributed by atoms with Crippen molar-refractivity contribution in [3.05, 3.63) is 11.7 Å². The van der Waals surface area contributed by atoms with E-state index in [9.17, 15) is 0 Å². The van der Waals surface area contributed by atoms with Gasteiger partial charge >= 0.3 is 0 Å². The molecule has 1 aliphatic heterocycles. The maximum atomic E-state index is 5.39. The van der Waals surface area contributed by atoms with Gasteiger partial charge in [0.25, 0.3) is 0 Å². The van der Waals surface area contributed by atoms with Crippen LogP contribution in [0.4, 0.5) is 0 Å². The lowest BCUT2D eigenvalue weighted by atomic mass is 9.80. The molecule has 3 rings (SSSR count). The van der Waals surface area contributed by atoms with Gasteiger partial charge in [-0.1, -0.05) is 31.3 Å². The fourth-order valence-electron chi connectivity index (χ4n) is 2.94. The van der Waals surface area contributed by atoms with Crippen LogP contribution in [0.15, 0.2) is 4.52 Å². The van der Waals surface area contributed by atoms with Crippen LogP contribution in [-0.2, 0) is 0 Å². The Morgan fingerprint density at radius 3 is 2.88 bits per heavy atom. The molecule has 4 nitrogen and oxygen atoms in total.